The molecule has 1 aliphatic heterocycles. The maximum absolute atomic E-state index is 3.65. The lowest BCUT2D eigenvalue weighted by molar-refractivity contribution is 0.316. The summed E-state index contributed by atoms with van der Waals surface area (Å²) in [4.78, 5) is 0. The van der Waals surface area contributed by atoms with Crippen molar-refractivity contribution in [3.8, 4) is 0 Å². The molecule has 2 aliphatic rings. The zero-order chi connectivity index (χ0) is 8.23. The largest absolute Gasteiger partial charge is 0.316 e. The van der Waals surface area contributed by atoms with Crippen molar-refractivity contribution >= 4 is 0 Å². The van der Waals surface area contributed by atoms with E-state index in [1.165, 1.54) is 51.7 Å². The second-order valence-electron chi connectivity index (χ2n) is 4.25. The molecule has 0 atom stereocenters. The van der Waals surface area contributed by atoms with Crippen LogP contribution in [-0.2, 0) is 0 Å². The Kier molecular flexibility index (Phi) is 3.01. The zero-order valence-corrected chi connectivity index (χ0v) is 7.81. The third-order valence-electron chi connectivity index (χ3n) is 3.21. The van der Waals surface area contributed by atoms with Crippen LogP contribution in [0.1, 0.15) is 32.1 Å². The lowest BCUT2D eigenvalue weighted by Crippen LogP contribution is -2.43. The van der Waals surface area contributed by atoms with E-state index in [-0.39, 0.29) is 0 Å². The molecular formula is C10H20N2. The molecular weight excluding hydrogens is 148 g/mol. The van der Waals surface area contributed by atoms with Gasteiger partial charge in [0.2, 0.25) is 0 Å². The van der Waals surface area contributed by atoms with Crippen molar-refractivity contribution in [1.29, 1.82) is 0 Å². The highest BCUT2D eigenvalue weighted by Crippen LogP contribution is 2.17. The Morgan fingerprint density at radius 2 is 1.92 bits per heavy atom. The van der Waals surface area contributed by atoms with Gasteiger partial charge < -0.3 is 10.6 Å². The standard InChI is InChI=1S/C10H20N2/c1-2-4-10(3-1)12-6-5-9-7-11-8-9/h9-12H,1-8H2. The van der Waals surface area contributed by atoms with Crippen molar-refractivity contribution in [2.24, 2.45) is 5.92 Å². The molecule has 0 spiro atoms. The Balaban J connectivity index is 1.49. The fourth-order valence-electron chi connectivity index (χ4n) is 2.17. The predicted octanol–water partition coefficient (Wildman–Crippen LogP) is 1.13. The van der Waals surface area contributed by atoms with E-state index in [1.807, 2.05) is 0 Å². The first-order valence-corrected chi connectivity index (χ1v) is 5.39. The summed E-state index contributed by atoms with van der Waals surface area (Å²) in [7, 11) is 0. The Labute approximate surface area is 75.1 Å². The molecule has 0 aromatic carbocycles. The number of rotatable bonds is 4. The van der Waals surface area contributed by atoms with Gasteiger partial charge in [0.25, 0.3) is 0 Å². The van der Waals surface area contributed by atoms with Crippen molar-refractivity contribution in [3.05, 3.63) is 0 Å². The summed E-state index contributed by atoms with van der Waals surface area (Å²) in [6, 6.07) is 0.859. The molecule has 12 heavy (non-hydrogen) atoms. The second-order valence-corrected chi connectivity index (χ2v) is 4.25. The average Bonchev–Trinajstić information content (AvgIpc) is 2.46. The average molecular weight is 168 g/mol. The van der Waals surface area contributed by atoms with Crippen LogP contribution in [0.15, 0.2) is 0 Å². The molecule has 2 nitrogen and oxygen atoms in total. The van der Waals surface area contributed by atoms with Crippen LogP contribution in [0, 0.1) is 5.92 Å². The molecule has 2 N–H and O–H groups in total. The normalized spacial score (nSPS) is 26.0. The van der Waals surface area contributed by atoms with Crippen molar-refractivity contribution in [2.75, 3.05) is 19.6 Å². The Morgan fingerprint density at radius 3 is 2.50 bits per heavy atom. The summed E-state index contributed by atoms with van der Waals surface area (Å²) in [5, 5.41) is 6.96. The van der Waals surface area contributed by atoms with Gasteiger partial charge in [-0.3, -0.25) is 0 Å². The molecule has 0 unspecified atom stereocenters. The van der Waals surface area contributed by atoms with E-state index in [9.17, 15) is 0 Å². The first-order chi connectivity index (χ1) is 5.95. The van der Waals surface area contributed by atoms with Crippen molar-refractivity contribution in [3.63, 3.8) is 0 Å². The van der Waals surface area contributed by atoms with Crippen LogP contribution in [0.5, 0.6) is 0 Å². The molecule has 1 saturated carbocycles. The van der Waals surface area contributed by atoms with E-state index in [0.717, 1.165) is 12.0 Å². The van der Waals surface area contributed by atoms with Crippen molar-refractivity contribution in [1.82, 2.24) is 10.6 Å². The molecule has 0 amide bonds. The second kappa shape index (κ2) is 4.24. The maximum atomic E-state index is 3.65. The smallest absolute Gasteiger partial charge is 0.00670 e. The molecule has 2 heteroatoms. The van der Waals surface area contributed by atoms with Crippen LogP contribution >= 0.6 is 0 Å². The highest BCUT2D eigenvalue weighted by Gasteiger charge is 2.18. The first-order valence-electron chi connectivity index (χ1n) is 5.39. The Hall–Kier alpha value is -0.0800. The summed E-state index contributed by atoms with van der Waals surface area (Å²) >= 11 is 0. The van der Waals surface area contributed by atoms with E-state index in [1.54, 1.807) is 0 Å². The van der Waals surface area contributed by atoms with E-state index in [2.05, 4.69) is 10.6 Å². The van der Waals surface area contributed by atoms with Gasteiger partial charge in [-0.2, -0.15) is 0 Å². The monoisotopic (exact) mass is 168 g/mol. The summed E-state index contributed by atoms with van der Waals surface area (Å²) < 4.78 is 0. The summed E-state index contributed by atoms with van der Waals surface area (Å²) in [6.45, 7) is 3.76. The highest BCUT2D eigenvalue weighted by molar-refractivity contribution is 4.78. The minimum absolute atomic E-state index is 0.859. The molecule has 1 saturated heterocycles. The SMILES string of the molecule is C1CCC(NCCC2CNC2)C1. The van der Waals surface area contributed by atoms with Crippen LogP contribution in [-0.4, -0.2) is 25.7 Å². The van der Waals surface area contributed by atoms with Gasteiger partial charge in [-0.05, 0) is 44.8 Å². The maximum Gasteiger partial charge on any atom is 0.00670 e. The van der Waals surface area contributed by atoms with E-state index in [4.69, 9.17) is 0 Å². The number of nitrogens with one attached hydrogen (secondary N) is 2. The molecule has 0 radical (unpaired) electrons. The summed E-state index contributed by atoms with van der Waals surface area (Å²) in [5.41, 5.74) is 0. The minimum Gasteiger partial charge on any atom is -0.316 e. The molecule has 0 aromatic heterocycles. The van der Waals surface area contributed by atoms with E-state index in [0.29, 0.717) is 0 Å². The van der Waals surface area contributed by atoms with Crippen LogP contribution in [0.3, 0.4) is 0 Å². The molecule has 1 aliphatic carbocycles. The lowest BCUT2D eigenvalue weighted by atomic mass is 9.99. The van der Waals surface area contributed by atoms with Crippen LogP contribution in [0.4, 0.5) is 0 Å². The van der Waals surface area contributed by atoms with Gasteiger partial charge in [0.15, 0.2) is 0 Å². The van der Waals surface area contributed by atoms with Gasteiger partial charge in [-0.1, -0.05) is 12.8 Å². The molecule has 1 heterocycles. The lowest BCUT2D eigenvalue weighted by Gasteiger charge is -2.27. The van der Waals surface area contributed by atoms with E-state index < -0.39 is 0 Å². The van der Waals surface area contributed by atoms with Crippen molar-refractivity contribution < 1.29 is 0 Å². The molecule has 2 fully saturated rings. The Bertz CT molecular complexity index is 126. The van der Waals surface area contributed by atoms with E-state index >= 15 is 0 Å². The summed E-state index contributed by atoms with van der Waals surface area (Å²) in [6.07, 6.45) is 7.11. The molecule has 0 aromatic rings. The highest BCUT2D eigenvalue weighted by atomic mass is 15.0. The number of hydrogen-bond acceptors (Lipinski definition) is 2. The van der Waals surface area contributed by atoms with Crippen molar-refractivity contribution in [2.45, 2.75) is 38.1 Å². The molecule has 2 rings (SSSR count). The fourth-order valence-corrected chi connectivity index (χ4v) is 2.17. The van der Waals surface area contributed by atoms with Crippen LogP contribution < -0.4 is 10.6 Å². The Morgan fingerprint density at radius 1 is 1.17 bits per heavy atom. The topological polar surface area (TPSA) is 24.1 Å². The summed E-state index contributed by atoms with van der Waals surface area (Å²) in [5.74, 6) is 0.971. The van der Waals surface area contributed by atoms with Crippen LogP contribution in [0.2, 0.25) is 0 Å². The fraction of sp³-hybridized carbons (Fsp3) is 1.00. The van der Waals surface area contributed by atoms with Gasteiger partial charge in [-0.25, -0.2) is 0 Å². The third kappa shape index (κ3) is 2.20. The van der Waals surface area contributed by atoms with Gasteiger partial charge >= 0.3 is 0 Å². The third-order valence-corrected chi connectivity index (χ3v) is 3.21. The first kappa shape index (κ1) is 8.52. The molecule has 70 valence electrons. The molecule has 0 bridgehead atoms. The van der Waals surface area contributed by atoms with Gasteiger partial charge in [-0.15, -0.1) is 0 Å². The predicted molar refractivity (Wildman–Crippen MR) is 51.2 cm³/mol. The van der Waals surface area contributed by atoms with Gasteiger partial charge in [0.05, 0.1) is 0 Å². The van der Waals surface area contributed by atoms with Gasteiger partial charge in [0.1, 0.15) is 0 Å². The van der Waals surface area contributed by atoms with Crippen LogP contribution in [0.25, 0.3) is 0 Å². The quantitative estimate of drug-likeness (QED) is 0.657. The number of hydrogen-bond donors (Lipinski definition) is 2. The minimum atomic E-state index is 0.859. The zero-order valence-electron chi connectivity index (χ0n) is 7.81. The van der Waals surface area contributed by atoms with Gasteiger partial charge in [0, 0.05) is 6.04 Å².